The van der Waals surface area contributed by atoms with Gasteiger partial charge in [0.25, 0.3) is 0 Å². The van der Waals surface area contributed by atoms with Crippen molar-refractivity contribution in [3.05, 3.63) is 59.9 Å². The van der Waals surface area contributed by atoms with E-state index < -0.39 is 0 Å². The van der Waals surface area contributed by atoms with Crippen molar-refractivity contribution in [2.45, 2.75) is 19.5 Å². The van der Waals surface area contributed by atoms with Crippen LogP contribution in [0.3, 0.4) is 0 Å². The standard InChI is InChI=1S/C19H21FN2O2/c1-14-19(23)22(17-5-3-4-16(20)12-17)11-10-21(14)13-15-6-8-18(24-2)9-7-15/h3-9,12,14H,10-11,13H2,1-2H3. The molecule has 0 N–H and O–H groups in total. The molecule has 0 bridgehead atoms. The highest BCUT2D eigenvalue weighted by molar-refractivity contribution is 5.97. The van der Waals surface area contributed by atoms with Gasteiger partial charge in [0.05, 0.1) is 13.2 Å². The van der Waals surface area contributed by atoms with E-state index in [4.69, 9.17) is 4.74 Å². The molecule has 2 aromatic rings. The van der Waals surface area contributed by atoms with Crippen LogP contribution in [0.15, 0.2) is 48.5 Å². The fourth-order valence-electron chi connectivity index (χ4n) is 3.00. The molecule has 126 valence electrons. The van der Waals surface area contributed by atoms with Gasteiger partial charge in [-0.15, -0.1) is 0 Å². The summed E-state index contributed by atoms with van der Waals surface area (Å²) in [5, 5.41) is 0. The molecule has 0 saturated carbocycles. The van der Waals surface area contributed by atoms with Crippen molar-refractivity contribution in [2.24, 2.45) is 0 Å². The lowest BCUT2D eigenvalue weighted by atomic mass is 10.1. The Labute approximate surface area is 141 Å². The van der Waals surface area contributed by atoms with Gasteiger partial charge in [-0.3, -0.25) is 9.69 Å². The number of methoxy groups -OCH3 is 1. The molecule has 5 heteroatoms. The number of piperazine rings is 1. The predicted molar refractivity (Wildman–Crippen MR) is 91.6 cm³/mol. The number of anilines is 1. The maximum absolute atomic E-state index is 13.4. The third kappa shape index (κ3) is 3.41. The normalized spacial score (nSPS) is 18.7. The van der Waals surface area contributed by atoms with Crippen LogP contribution in [0.2, 0.25) is 0 Å². The number of benzene rings is 2. The van der Waals surface area contributed by atoms with Crippen LogP contribution in [0.5, 0.6) is 5.75 Å². The summed E-state index contributed by atoms with van der Waals surface area (Å²) < 4.78 is 18.6. The van der Waals surface area contributed by atoms with E-state index in [1.165, 1.54) is 12.1 Å². The number of hydrogen-bond acceptors (Lipinski definition) is 3. The molecule has 0 radical (unpaired) electrons. The van der Waals surface area contributed by atoms with Crippen molar-refractivity contribution >= 4 is 11.6 Å². The van der Waals surface area contributed by atoms with Crippen molar-refractivity contribution in [3.63, 3.8) is 0 Å². The molecule has 1 aliphatic heterocycles. The highest BCUT2D eigenvalue weighted by Gasteiger charge is 2.32. The summed E-state index contributed by atoms with van der Waals surface area (Å²) >= 11 is 0. The third-order valence-corrected chi connectivity index (χ3v) is 4.45. The SMILES string of the molecule is COc1ccc(CN2CCN(c3cccc(F)c3)C(=O)C2C)cc1. The van der Waals surface area contributed by atoms with E-state index in [2.05, 4.69) is 4.90 Å². The molecule has 1 heterocycles. The summed E-state index contributed by atoms with van der Waals surface area (Å²) in [6, 6.07) is 13.8. The molecule has 3 rings (SSSR count). The van der Waals surface area contributed by atoms with Gasteiger partial charge in [-0.05, 0) is 42.8 Å². The molecule has 0 spiro atoms. The minimum Gasteiger partial charge on any atom is -0.497 e. The number of nitrogens with zero attached hydrogens (tertiary/aromatic N) is 2. The molecule has 1 fully saturated rings. The zero-order valence-corrected chi connectivity index (χ0v) is 13.9. The molecule has 1 saturated heterocycles. The maximum atomic E-state index is 13.4. The summed E-state index contributed by atoms with van der Waals surface area (Å²) in [5.74, 6) is 0.493. The van der Waals surface area contributed by atoms with Crippen molar-refractivity contribution in [1.29, 1.82) is 0 Å². The summed E-state index contributed by atoms with van der Waals surface area (Å²) in [6.07, 6.45) is 0. The lowest BCUT2D eigenvalue weighted by Crippen LogP contribution is -2.55. The van der Waals surface area contributed by atoms with E-state index >= 15 is 0 Å². The van der Waals surface area contributed by atoms with Crippen molar-refractivity contribution < 1.29 is 13.9 Å². The average Bonchev–Trinajstić information content (AvgIpc) is 2.60. The van der Waals surface area contributed by atoms with Crippen LogP contribution >= 0.6 is 0 Å². The van der Waals surface area contributed by atoms with E-state index in [0.29, 0.717) is 18.8 Å². The largest absolute Gasteiger partial charge is 0.497 e. The molecule has 1 atom stereocenters. The molecule has 24 heavy (non-hydrogen) atoms. The molecule has 2 aromatic carbocycles. The number of halogens is 1. The van der Waals surface area contributed by atoms with Crippen molar-refractivity contribution in [2.75, 3.05) is 25.1 Å². The van der Waals surface area contributed by atoms with Crippen LogP contribution in [0.1, 0.15) is 12.5 Å². The van der Waals surface area contributed by atoms with Crippen LogP contribution in [0.4, 0.5) is 10.1 Å². The Bertz CT molecular complexity index is 718. The van der Waals surface area contributed by atoms with Crippen molar-refractivity contribution in [1.82, 2.24) is 4.90 Å². The number of ether oxygens (including phenoxy) is 1. The first-order chi connectivity index (χ1) is 11.6. The maximum Gasteiger partial charge on any atom is 0.244 e. The van der Waals surface area contributed by atoms with Gasteiger partial charge in [0.1, 0.15) is 11.6 Å². The number of amides is 1. The minimum absolute atomic E-state index is 0.000335. The van der Waals surface area contributed by atoms with E-state index in [9.17, 15) is 9.18 Å². The Balaban J connectivity index is 1.70. The van der Waals surface area contributed by atoms with Crippen LogP contribution in [0.25, 0.3) is 0 Å². The van der Waals surface area contributed by atoms with E-state index in [0.717, 1.165) is 17.9 Å². The molecule has 1 aliphatic rings. The molecule has 1 unspecified atom stereocenters. The second-order valence-corrected chi connectivity index (χ2v) is 5.96. The summed E-state index contributed by atoms with van der Waals surface area (Å²) in [4.78, 5) is 16.5. The zero-order valence-electron chi connectivity index (χ0n) is 13.9. The molecular weight excluding hydrogens is 307 g/mol. The Hall–Kier alpha value is -2.40. The second-order valence-electron chi connectivity index (χ2n) is 5.96. The van der Waals surface area contributed by atoms with E-state index in [1.54, 1.807) is 24.1 Å². The van der Waals surface area contributed by atoms with E-state index in [-0.39, 0.29) is 17.8 Å². The first-order valence-corrected chi connectivity index (χ1v) is 8.02. The number of carbonyl (C=O) groups excluding carboxylic acids is 1. The van der Waals surface area contributed by atoms with Gasteiger partial charge in [-0.25, -0.2) is 4.39 Å². The van der Waals surface area contributed by atoms with Crippen LogP contribution < -0.4 is 9.64 Å². The Morgan fingerprint density at radius 1 is 1.17 bits per heavy atom. The van der Waals surface area contributed by atoms with Gasteiger partial charge >= 0.3 is 0 Å². The van der Waals surface area contributed by atoms with Crippen molar-refractivity contribution in [3.8, 4) is 5.75 Å². The smallest absolute Gasteiger partial charge is 0.244 e. The zero-order chi connectivity index (χ0) is 17.1. The fraction of sp³-hybridized carbons (Fsp3) is 0.316. The highest BCUT2D eigenvalue weighted by atomic mass is 19.1. The number of carbonyl (C=O) groups is 1. The lowest BCUT2D eigenvalue weighted by Gasteiger charge is -2.39. The van der Waals surface area contributed by atoms with Gasteiger partial charge in [-0.2, -0.15) is 0 Å². The second kappa shape index (κ2) is 7.01. The van der Waals surface area contributed by atoms with Gasteiger partial charge in [-0.1, -0.05) is 18.2 Å². The average molecular weight is 328 g/mol. The van der Waals surface area contributed by atoms with Gasteiger partial charge in [0.15, 0.2) is 0 Å². The topological polar surface area (TPSA) is 32.8 Å². The van der Waals surface area contributed by atoms with Crippen LogP contribution in [-0.4, -0.2) is 37.0 Å². The monoisotopic (exact) mass is 328 g/mol. The van der Waals surface area contributed by atoms with Gasteiger partial charge in [0, 0.05) is 25.3 Å². The summed E-state index contributed by atoms with van der Waals surface area (Å²) in [6.45, 7) is 3.91. The molecule has 0 aromatic heterocycles. The Kier molecular flexibility index (Phi) is 4.81. The first-order valence-electron chi connectivity index (χ1n) is 8.02. The molecule has 4 nitrogen and oxygen atoms in total. The molecule has 1 amide bonds. The fourth-order valence-corrected chi connectivity index (χ4v) is 3.00. The quantitative estimate of drug-likeness (QED) is 0.865. The molecule has 0 aliphatic carbocycles. The summed E-state index contributed by atoms with van der Waals surface area (Å²) in [5.41, 5.74) is 1.76. The number of hydrogen-bond donors (Lipinski definition) is 0. The number of rotatable bonds is 4. The van der Waals surface area contributed by atoms with Gasteiger partial charge < -0.3 is 9.64 Å². The van der Waals surface area contributed by atoms with Gasteiger partial charge in [0.2, 0.25) is 5.91 Å². The Morgan fingerprint density at radius 2 is 1.92 bits per heavy atom. The molecular formula is C19H21FN2O2. The van der Waals surface area contributed by atoms with Crippen LogP contribution in [0, 0.1) is 5.82 Å². The minimum atomic E-state index is -0.325. The highest BCUT2D eigenvalue weighted by Crippen LogP contribution is 2.23. The van der Waals surface area contributed by atoms with Crippen LogP contribution in [-0.2, 0) is 11.3 Å². The lowest BCUT2D eigenvalue weighted by molar-refractivity contribution is -0.125. The summed E-state index contributed by atoms with van der Waals surface area (Å²) in [7, 11) is 1.64. The Morgan fingerprint density at radius 3 is 2.58 bits per heavy atom. The third-order valence-electron chi connectivity index (χ3n) is 4.45. The van der Waals surface area contributed by atoms with E-state index in [1.807, 2.05) is 31.2 Å². The predicted octanol–water partition coefficient (Wildman–Crippen LogP) is 3.07. The first kappa shape index (κ1) is 16.5.